The number of terminal acetylenes is 1. The normalized spacial score (nSPS) is 23.1. The summed E-state index contributed by atoms with van der Waals surface area (Å²) in [6.45, 7) is -0.0138. The van der Waals surface area contributed by atoms with Crippen LogP contribution in [0.2, 0.25) is 0 Å². The lowest BCUT2D eigenvalue weighted by molar-refractivity contribution is -0.152. The zero-order valence-electron chi connectivity index (χ0n) is 5.61. The van der Waals surface area contributed by atoms with E-state index in [4.69, 9.17) is 11.5 Å². The second kappa shape index (κ2) is 3.08. The van der Waals surface area contributed by atoms with Gasteiger partial charge in [-0.05, 0) is 6.08 Å². The first-order valence-corrected chi connectivity index (χ1v) is 2.92. The van der Waals surface area contributed by atoms with Crippen LogP contribution in [0.3, 0.4) is 0 Å². The van der Waals surface area contributed by atoms with Crippen molar-refractivity contribution >= 4 is 5.97 Å². The van der Waals surface area contributed by atoms with Crippen molar-refractivity contribution in [1.29, 1.82) is 0 Å². The summed E-state index contributed by atoms with van der Waals surface area (Å²) in [5.41, 5.74) is 0. The highest BCUT2D eigenvalue weighted by atomic mass is 16.6. The largest absolute Gasteiger partial charge is 0.455 e. The Morgan fingerprint density at radius 1 is 1.91 bits per heavy atom. The van der Waals surface area contributed by atoms with E-state index >= 15 is 0 Å². The predicted molar refractivity (Wildman–Crippen MR) is 35.0 cm³/mol. The fourth-order valence-electron chi connectivity index (χ4n) is 0.659. The molecule has 1 atom stereocenters. The first-order valence-electron chi connectivity index (χ1n) is 2.92. The lowest BCUT2D eigenvalue weighted by atomic mass is 10.2. The molecule has 0 radical (unpaired) electrons. The van der Waals surface area contributed by atoms with E-state index < -0.39 is 12.1 Å². The van der Waals surface area contributed by atoms with Crippen molar-refractivity contribution in [1.82, 2.24) is 0 Å². The van der Waals surface area contributed by atoms with E-state index in [1.54, 1.807) is 0 Å². The molecule has 0 aromatic heterocycles. The van der Waals surface area contributed by atoms with Crippen LogP contribution >= 0.6 is 0 Å². The maximum Gasteiger partial charge on any atom is 0.339 e. The Labute approximate surface area is 63.4 Å². The minimum Gasteiger partial charge on any atom is -0.455 e. The third kappa shape index (κ3) is 1.72. The summed E-state index contributed by atoms with van der Waals surface area (Å²) in [7, 11) is 0. The number of hydrogen-bond acceptors (Lipinski definition) is 4. The molecule has 0 amide bonds. The highest BCUT2D eigenvalue weighted by Crippen LogP contribution is 2.07. The van der Waals surface area contributed by atoms with Crippen molar-refractivity contribution in [3.63, 3.8) is 0 Å². The van der Waals surface area contributed by atoms with Gasteiger partial charge in [-0.1, -0.05) is 6.42 Å². The van der Waals surface area contributed by atoms with Gasteiger partial charge in [0.25, 0.3) is 0 Å². The van der Waals surface area contributed by atoms with Crippen molar-refractivity contribution in [3.8, 4) is 12.5 Å². The van der Waals surface area contributed by atoms with Crippen LogP contribution in [0.25, 0.3) is 0 Å². The van der Waals surface area contributed by atoms with Crippen LogP contribution < -0.4 is 0 Å². The third-order valence-corrected chi connectivity index (χ3v) is 1.13. The molecule has 1 N–H and O–H groups in total. The summed E-state index contributed by atoms with van der Waals surface area (Å²) in [5.74, 6) is -0.408. The number of carbonyl (C=O) groups is 1. The Hall–Kier alpha value is -1.47. The smallest absolute Gasteiger partial charge is 0.339 e. The first kappa shape index (κ1) is 7.63. The molecule has 1 heterocycles. The average molecular weight is 154 g/mol. The number of aliphatic hydroxyl groups is 1. The number of cyclic esters (lactones) is 1. The molecule has 0 spiro atoms. The highest BCUT2D eigenvalue weighted by molar-refractivity contribution is 5.77. The molecule has 11 heavy (non-hydrogen) atoms. The van der Waals surface area contributed by atoms with Gasteiger partial charge in [0.05, 0.1) is 0 Å². The van der Waals surface area contributed by atoms with E-state index in [1.807, 2.05) is 6.11 Å². The van der Waals surface area contributed by atoms with E-state index in [9.17, 15) is 4.79 Å². The molecular formula is C7H6O4. The van der Waals surface area contributed by atoms with Gasteiger partial charge < -0.3 is 14.6 Å². The van der Waals surface area contributed by atoms with Crippen LogP contribution in [0, 0.1) is 12.5 Å². The second-order valence-corrected chi connectivity index (χ2v) is 1.91. The Kier molecular flexibility index (Phi) is 2.14. The third-order valence-electron chi connectivity index (χ3n) is 1.13. The van der Waals surface area contributed by atoms with Crippen molar-refractivity contribution in [2.24, 2.45) is 0 Å². The molecule has 58 valence electrons. The van der Waals surface area contributed by atoms with Gasteiger partial charge in [0.1, 0.15) is 12.7 Å². The molecule has 4 heteroatoms. The number of rotatable bonds is 1. The second-order valence-electron chi connectivity index (χ2n) is 1.91. The molecule has 0 bridgehead atoms. The SMILES string of the molecule is C#COC1=CC(O)C(=O)OC1. The van der Waals surface area contributed by atoms with Crippen LogP contribution in [-0.4, -0.2) is 23.8 Å². The van der Waals surface area contributed by atoms with Crippen molar-refractivity contribution < 1.29 is 19.4 Å². The average Bonchev–Trinajstić information content (AvgIpc) is 1.98. The lowest BCUT2D eigenvalue weighted by Gasteiger charge is -2.14. The first-order chi connectivity index (χ1) is 5.24. The number of ether oxygens (including phenoxy) is 2. The number of carbonyl (C=O) groups excluding carboxylic acids is 1. The van der Waals surface area contributed by atoms with Gasteiger partial charge in [0, 0.05) is 0 Å². The fraction of sp³-hybridized carbons (Fsp3) is 0.286. The summed E-state index contributed by atoms with van der Waals surface area (Å²) in [6, 6.07) is 0. The van der Waals surface area contributed by atoms with Crippen molar-refractivity contribution in [2.45, 2.75) is 6.10 Å². The maximum absolute atomic E-state index is 10.5. The van der Waals surface area contributed by atoms with Gasteiger partial charge >= 0.3 is 5.97 Å². The monoisotopic (exact) mass is 154 g/mol. The topological polar surface area (TPSA) is 55.8 Å². The Morgan fingerprint density at radius 3 is 3.18 bits per heavy atom. The van der Waals surface area contributed by atoms with Gasteiger partial charge in [0.15, 0.2) is 11.9 Å². The Bertz CT molecular complexity index is 235. The number of hydrogen-bond donors (Lipinski definition) is 1. The van der Waals surface area contributed by atoms with E-state index in [2.05, 4.69) is 9.47 Å². The van der Waals surface area contributed by atoms with E-state index in [1.165, 1.54) is 6.08 Å². The summed E-state index contributed by atoms with van der Waals surface area (Å²) < 4.78 is 9.03. The van der Waals surface area contributed by atoms with Crippen molar-refractivity contribution in [3.05, 3.63) is 11.8 Å². The van der Waals surface area contributed by atoms with Crippen LogP contribution in [-0.2, 0) is 14.3 Å². The molecule has 0 aliphatic carbocycles. The molecule has 0 aromatic rings. The summed E-state index contributed by atoms with van der Waals surface area (Å²) in [4.78, 5) is 10.5. The molecule has 0 fully saturated rings. The van der Waals surface area contributed by atoms with E-state index in [0.717, 1.165) is 0 Å². The van der Waals surface area contributed by atoms with Crippen LogP contribution in [0.1, 0.15) is 0 Å². The zero-order chi connectivity index (χ0) is 8.27. The van der Waals surface area contributed by atoms with Gasteiger partial charge in [-0.15, -0.1) is 0 Å². The number of aliphatic hydroxyl groups excluding tert-OH is 1. The van der Waals surface area contributed by atoms with E-state index in [0.29, 0.717) is 0 Å². The Morgan fingerprint density at radius 2 is 2.64 bits per heavy atom. The Balaban J connectivity index is 2.65. The van der Waals surface area contributed by atoms with Crippen LogP contribution in [0.5, 0.6) is 0 Å². The maximum atomic E-state index is 10.5. The molecule has 0 saturated heterocycles. The quantitative estimate of drug-likeness (QED) is 0.404. The molecule has 1 rings (SSSR count). The molecule has 4 nitrogen and oxygen atoms in total. The number of esters is 1. The summed E-state index contributed by atoms with van der Waals surface area (Å²) >= 11 is 0. The van der Waals surface area contributed by atoms with Gasteiger partial charge in [-0.3, -0.25) is 0 Å². The molecule has 0 aromatic carbocycles. The standard InChI is InChI=1S/C7H6O4/c1-2-10-5-3-6(8)7(9)11-4-5/h1,3,6,8H,4H2. The summed E-state index contributed by atoms with van der Waals surface area (Å²) in [5, 5.41) is 8.88. The molecule has 1 unspecified atom stereocenters. The van der Waals surface area contributed by atoms with Gasteiger partial charge in [0.2, 0.25) is 0 Å². The van der Waals surface area contributed by atoms with Crippen LogP contribution in [0.15, 0.2) is 11.8 Å². The fourth-order valence-corrected chi connectivity index (χ4v) is 0.659. The van der Waals surface area contributed by atoms with Crippen LogP contribution in [0.4, 0.5) is 0 Å². The van der Waals surface area contributed by atoms with Gasteiger partial charge in [-0.25, -0.2) is 4.79 Å². The molecule has 1 aliphatic rings. The zero-order valence-corrected chi connectivity index (χ0v) is 5.61. The van der Waals surface area contributed by atoms with E-state index in [-0.39, 0.29) is 12.4 Å². The summed E-state index contributed by atoms with van der Waals surface area (Å²) in [6.07, 6.45) is 6.66. The molecular weight excluding hydrogens is 148 g/mol. The minimum absolute atomic E-state index is 0.0138. The highest BCUT2D eigenvalue weighted by Gasteiger charge is 2.21. The lowest BCUT2D eigenvalue weighted by Crippen LogP contribution is -2.27. The molecule has 1 aliphatic heterocycles. The van der Waals surface area contributed by atoms with Gasteiger partial charge in [-0.2, -0.15) is 0 Å². The minimum atomic E-state index is -1.26. The predicted octanol–water partition coefficient (Wildman–Crippen LogP) is -0.605. The van der Waals surface area contributed by atoms with Crippen molar-refractivity contribution in [2.75, 3.05) is 6.61 Å². The molecule has 0 saturated carbocycles.